The van der Waals surface area contributed by atoms with Crippen LogP contribution in [0, 0.1) is 27.7 Å². The molecule has 0 aliphatic heterocycles. The lowest BCUT2D eigenvalue weighted by molar-refractivity contribution is -0.140. The molecule has 0 amide bonds. The van der Waals surface area contributed by atoms with E-state index in [4.69, 9.17) is 9.84 Å². The van der Waals surface area contributed by atoms with Crippen LogP contribution < -0.4 is 0 Å². The van der Waals surface area contributed by atoms with Gasteiger partial charge in [0.25, 0.3) is 0 Å². The summed E-state index contributed by atoms with van der Waals surface area (Å²) in [5, 5.41) is 39.0. The molecule has 0 saturated carbocycles. The lowest BCUT2D eigenvalue weighted by Gasteiger charge is -2.12. The molecule has 10 heteroatoms. The van der Waals surface area contributed by atoms with Gasteiger partial charge in [0.1, 0.15) is 0 Å². The fraction of sp³-hybridized carbons (Fsp3) is 0.289. The fourth-order valence-corrected chi connectivity index (χ4v) is 6.60. The Morgan fingerprint density at radius 2 is 0.964 bits per heavy atom. The van der Waals surface area contributed by atoms with Crippen LogP contribution in [-0.4, -0.2) is 53.9 Å². The van der Waals surface area contributed by atoms with E-state index < -0.39 is 18.2 Å². The number of hydrogen-bond donors (Lipinski definition) is 3. The van der Waals surface area contributed by atoms with Gasteiger partial charge in [-0.05, 0) is 61.1 Å². The van der Waals surface area contributed by atoms with Crippen molar-refractivity contribution in [3.05, 3.63) is 176 Å². The molecule has 55 heavy (non-hydrogen) atoms. The quantitative estimate of drug-likeness (QED) is 0.102. The van der Waals surface area contributed by atoms with Crippen LogP contribution >= 0.6 is 0 Å². The summed E-state index contributed by atoms with van der Waals surface area (Å²) >= 11 is 0. The van der Waals surface area contributed by atoms with E-state index in [1.54, 1.807) is 0 Å². The average molecular weight is 743 g/mol. The highest BCUT2D eigenvalue weighted by Gasteiger charge is 2.17. The van der Waals surface area contributed by atoms with E-state index in [0.29, 0.717) is 25.9 Å². The molecule has 0 radical (unpaired) electrons. The van der Waals surface area contributed by atoms with Crippen LogP contribution in [0.1, 0.15) is 79.5 Å². The third-order valence-electron chi connectivity index (χ3n) is 9.88. The Morgan fingerprint density at radius 3 is 1.33 bits per heavy atom. The third-order valence-corrected chi connectivity index (χ3v) is 9.88. The molecule has 4 aromatic carbocycles. The summed E-state index contributed by atoms with van der Waals surface area (Å²) in [6.45, 7) is 8.80. The first-order chi connectivity index (χ1) is 26.4. The Balaban J connectivity index is 0.000000211. The van der Waals surface area contributed by atoms with Crippen molar-refractivity contribution in [1.29, 1.82) is 0 Å². The number of esters is 1. The standard InChI is InChI=1S/C23H26N2O3.C22H24N2O3/c1-16-21(14-23(27)28-3)17(2)25(24-16)15-19-9-11-20(12-10-19)22(26)13-18-7-5-4-6-8-18;1-15-20(13-22(26)27)16(2)24(23-15)14-18-8-10-19(11-9-18)21(25)12-17-6-4-3-5-7-17/h4-12,22,26H,13-15H2,1-3H3;3-11,21,25H,12-14H2,1-2H3,(H,26,27). The second-order valence-corrected chi connectivity index (χ2v) is 13.8. The summed E-state index contributed by atoms with van der Waals surface area (Å²) < 4.78 is 8.51. The molecule has 0 aliphatic rings. The maximum Gasteiger partial charge on any atom is 0.310 e. The summed E-state index contributed by atoms with van der Waals surface area (Å²) in [4.78, 5) is 22.6. The fourth-order valence-electron chi connectivity index (χ4n) is 6.60. The molecule has 6 aromatic rings. The van der Waals surface area contributed by atoms with Crippen LogP contribution in [0.2, 0.25) is 0 Å². The van der Waals surface area contributed by atoms with Gasteiger partial charge in [0.2, 0.25) is 0 Å². The minimum absolute atomic E-state index is 0.0116. The SMILES string of the molecule is COC(=O)Cc1c(C)nn(Cc2ccc(C(O)Cc3ccccc3)cc2)c1C.Cc1nn(Cc2ccc(C(O)Cc3ccccc3)cc2)c(C)c1CC(=O)O. The normalized spacial score (nSPS) is 12.1. The van der Waals surface area contributed by atoms with E-state index in [1.807, 2.05) is 146 Å². The number of aliphatic carboxylic acids is 1. The zero-order valence-electron chi connectivity index (χ0n) is 32.1. The van der Waals surface area contributed by atoms with Crippen LogP contribution in [-0.2, 0) is 53.1 Å². The van der Waals surface area contributed by atoms with E-state index in [0.717, 1.165) is 67.3 Å². The Labute approximate surface area is 322 Å². The lowest BCUT2D eigenvalue weighted by Crippen LogP contribution is -2.08. The van der Waals surface area contributed by atoms with Crippen LogP contribution in [0.4, 0.5) is 0 Å². The molecule has 286 valence electrons. The van der Waals surface area contributed by atoms with Crippen molar-refractivity contribution in [1.82, 2.24) is 19.6 Å². The Morgan fingerprint density at radius 1 is 0.582 bits per heavy atom. The van der Waals surface area contributed by atoms with Gasteiger partial charge < -0.3 is 20.1 Å². The topological polar surface area (TPSA) is 140 Å². The van der Waals surface area contributed by atoms with Crippen LogP contribution in [0.15, 0.2) is 109 Å². The summed E-state index contributed by atoms with van der Waals surface area (Å²) in [5.74, 6) is -1.11. The van der Waals surface area contributed by atoms with E-state index in [-0.39, 0.29) is 18.8 Å². The number of aromatic nitrogens is 4. The van der Waals surface area contributed by atoms with Gasteiger partial charge in [-0.15, -0.1) is 0 Å². The number of aliphatic hydroxyl groups is 2. The highest BCUT2D eigenvalue weighted by molar-refractivity contribution is 5.73. The highest BCUT2D eigenvalue weighted by atomic mass is 16.5. The van der Waals surface area contributed by atoms with Crippen LogP contribution in [0.5, 0.6) is 0 Å². The molecule has 2 atom stereocenters. The average Bonchev–Trinajstić information content (AvgIpc) is 3.59. The first-order valence-electron chi connectivity index (χ1n) is 18.4. The van der Waals surface area contributed by atoms with Gasteiger partial charge in [-0.1, -0.05) is 109 Å². The second kappa shape index (κ2) is 19.0. The number of carboxylic acids is 1. The number of methoxy groups -OCH3 is 1. The minimum atomic E-state index is -0.850. The summed E-state index contributed by atoms with van der Waals surface area (Å²) in [7, 11) is 1.39. The van der Waals surface area contributed by atoms with Gasteiger partial charge in [0.15, 0.2) is 0 Å². The lowest BCUT2D eigenvalue weighted by atomic mass is 10.0. The van der Waals surface area contributed by atoms with Gasteiger partial charge in [-0.25, -0.2) is 0 Å². The van der Waals surface area contributed by atoms with Crippen molar-refractivity contribution in [3.63, 3.8) is 0 Å². The molecule has 0 spiro atoms. The predicted molar refractivity (Wildman–Crippen MR) is 212 cm³/mol. The molecule has 10 nitrogen and oxygen atoms in total. The number of hydrogen-bond acceptors (Lipinski definition) is 7. The monoisotopic (exact) mass is 742 g/mol. The number of carbonyl (C=O) groups excluding carboxylic acids is 1. The molecule has 6 rings (SSSR count). The third kappa shape index (κ3) is 11.1. The largest absolute Gasteiger partial charge is 0.481 e. The molecule has 0 aliphatic carbocycles. The number of nitrogens with zero attached hydrogens (tertiary/aromatic N) is 4. The van der Waals surface area contributed by atoms with Gasteiger partial charge >= 0.3 is 11.9 Å². The van der Waals surface area contributed by atoms with Crippen molar-refractivity contribution >= 4 is 11.9 Å². The number of aliphatic hydroxyl groups excluding tert-OH is 2. The molecule has 2 unspecified atom stereocenters. The maximum atomic E-state index is 11.6. The smallest absolute Gasteiger partial charge is 0.310 e. The number of aryl methyl sites for hydroxylation is 2. The van der Waals surface area contributed by atoms with Crippen LogP contribution in [0.3, 0.4) is 0 Å². The van der Waals surface area contributed by atoms with Gasteiger partial charge in [0, 0.05) is 35.4 Å². The molecular weight excluding hydrogens is 693 g/mol. The van der Waals surface area contributed by atoms with E-state index in [2.05, 4.69) is 10.2 Å². The molecule has 2 heterocycles. The van der Waals surface area contributed by atoms with Gasteiger partial charge in [0.05, 0.1) is 56.6 Å². The van der Waals surface area contributed by atoms with E-state index in [9.17, 15) is 19.8 Å². The molecule has 0 bridgehead atoms. The Bertz CT molecular complexity index is 2160. The molecular formula is C45H50N4O6. The van der Waals surface area contributed by atoms with Gasteiger partial charge in [-0.2, -0.15) is 10.2 Å². The first kappa shape index (κ1) is 40.3. The summed E-state index contributed by atoms with van der Waals surface area (Å²) in [5.41, 5.74) is 11.3. The zero-order valence-corrected chi connectivity index (χ0v) is 32.1. The molecule has 2 aromatic heterocycles. The number of benzene rings is 4. The number of rotatable bonds is 14. The van der Waals surface area contributed by atoms with Crippen molar-refractivity contribution in [3.8, 4) is 0 Å². The van der Waals surface area contributed by atoms with Crippen LogP contribution in [0.25, 0.3) is 0 Å². The number of ether oxygens (including phenoxy) is 1. The van der Waals surface area contributed by atoms with Gasteiger partial charge in [-0.3, -0.25) is 19.0 Å². The van der Waals surface area contributed by atoms with Crippen molar-refractivity contribution in [2.24, 2.45) is 0 Å². The predicted octanol–water partition coefficient (Wildman–Crippen LogP) is 6.99. The summed E-state index contributed by atoms with van der Waals surface area (Å²) in [6.07, 6.45) is 0.320. The van der Waals surface area contributed by atoms with E-state index >= 15 is 0 Å². The molecule has 0 saturated heterocycles. The van der Waals surface area contributed by atoms with Crippen molar-refractivity contribution < 1.29 is 29.6 Å². The first-order valence-corrected chi connectivity index (χ1v) is 18.4. The Kier molecular flexibility index (Phi) is 13.9. The second-order valence-electron chi connectivity index (χ2n) is 13.8. The number of carbonyl (C=O) groups is 2. The summed E-state index contributed by atoms with van der Waals surface area (Å²) in [6, 6.07) is 35.7. The molecule has 3 N–H and O–H groups in total. The highest BCUT2D eigenvalue weighted by Crippen LogP contribution is 2.22. The van der Waals surface area contributed by atoms with E-state index in [1.165, 1.54) is 7.11 Å². The van der Waals surface area contributed by atoms with Crippen molar-refractivity contribution in [2.45, 2.75) is 78.7 Å². The van der Waals surface area contributed by atoms with Crippen molar-refractivity contribution in [2.75, 3.05) is 7.11 Å². The number of carboxylic acid groups (broad SMARTS) is 1. The Hall–Kier alpha value is -5.84. The molecule has 0 fully saturated rings. The zero-order chi connectivity index (χ0) is 39.5. The maximum absolute atomic E-state index is 11.6. The minimum Gasteiger partial charge on any atom is -0.481 e.